The summed E-state index contributed by atoms with van der Waals surface area (Å²) in [7, 11) is 0. The summed E-state index contributed by atoms with van der Waals surface area (Å²) in [6.45, 7) is 6.19. The summed E-state index contributed by atoms with van der Waals surface area (Å²) < 4.78 is 5.15. The van der Waals surface area contributed by atoms with E-state index < -0.39 is 11.9 Å². The van der Waals surface area contributed by atoms with Gasteiger partial charge in [-0.05, 0) is 25.8 Å². The van der Waals surface area contributed by atoms with Crippen LogP contribution in [0.5, 0.6) is 0 Å². The van der Waals surface area contributed by atoms with Crippen LogP contribution in [0.15, 0.2) is 24.3 Å². The Morgan fingerprint density at radius 3 is 2.58 bits per heavy atom. The standard InChI is InChI=1S/C16H22O3/c1-4-6-10-19-16(18)14(5-2)15(17)13-9-7-8-12(3)11-13/h7-9,11,14H,4-6,10H2,1-3H3. The molecule has 0 aromatic heterocycles. The lowest BCUT2D eigenvalue weighted by Crippen LogP contribution is -2.26. The Labute approximate surface area is 115 Å². The Morgan fingerprint density at radius 1 is 1.26 bits per heavy atom. The molecule has 1 atom stereocenters. The van der Waals surface area contributed by atoms with E-state index in [4.69, 9.17) is 4.74 Å². The minimum absolute atomic E-state index is 0.146. The van der Waals surface area contributed by atoms with Crippen LogP contribution in [-0.2, 0) is 9.53 Å². The van der Waals surface area contributed by atoms with Gasteiger partial charge in [0.25, 0.3) is 0 Å². The Morgan fingerprint density at radius 2 is 2.00 bits per heavy atom. The average Bonchev–Trinajstić information content (AvgIpc) is 2.39. The molecular weight excluding hydrogens is 240 g/mol. The highest BCUT2D eigenvalue weighted by Crippen LogP contribution is 2.15. The molecular formula is C16H22O3. The summed E-state index contributed by atoms with van der Waals surface area (Å²) in [5.41, 5.74) is 1.60. The SMILES string of the molecule is CCCCOC(=O)C(CC)C(=O)c1cccc(C)c1. The van der Waals surface area contributed by atoms with E-state index in [-0.39, 0.29) is 5.78 Å². The topological polar surface area (TPSA) is 43.4 Å². The largest absolute Gasteiger partial charge is 0.465 e. The number of carbonyl (C=O) groups excluding carboxylic acids is 2. The smallest absolute Gasteiger partial charge is 0.316 e. The van der Waals surface area contributed by atoms with Crippen LogP contribution in [-0.4, -0.2) is 18.4 Å². The van der Waals surface area contributed by atoms with E-state index in [2.05, 4.69) is 0 Å². The fourth-order valence-electron chi connectivity index (χ4n) is 1.88. The Balaban J connectivity index is 2.73. The van der Waals surface area contributed by atoms with Crippen LogP contribution in [0, 0.1) is 12.8 Å². The molecule has 1 rings (SSSR count). The second-order valence-corrected chi connectivity index (χ2v) is 4.72. The normalized spacial score (nSPS) is 11.9. The maximum atomic E-state index is 12.3. The maximum absolute atomic E-state index is 12.3. The number of esters is 1. The molecule has 0 spiro atoms. The molecule has 0 saturated carbocycles. The van der Waals surface area contributed by atoms with Crippen molar-refractivity contribution < 1.29 is 14.3 Å². The van der Waals surface area contributed by atoms with Gasteiger partial charge in [-0.3, -0.25) is 9.59 Å². The van der Waals surface area contributed by atoms with E-state index in [9.17, 15) is 9.59 Å². The van der Waals surface area contributed by atoms with E-state index in [0.29, 0.717) is 18.6 Å². The van der Waals surface area contributed by atoms with Crippen LogP contribution in [0.4, 0.5) is 0 Å². The third kappa shape index (κ3) is 4.51. The van der Waals surface area contributed by atoms with Gasteiger partial charge in [0.05, 0.1) is 6.61 Å². The fourth-order valence-corrected chi connectivity index (χ4v) is 1.88. The molecule has 1 unspecified atom stereocenters. The zero-order chi connectivity index (χ0) is 14.3. The molecule has 3 nitrogen and oxygen atoms in total. The van der Waals surface area contributed by atoms with Crippen molar-refractivity contribution in [2.75, 3.05) is 6.61 Å². The molecule has 19 heavy (non-hydrogen) atoms. The minimum atomic E-state index is -0.682. The quantitative estimate of drug-likeness (QED) is 0.327. The monoisotopic (exact) mass is 262 g/mol. The Hall–Kier alpha value is -1.64. The highest BCUT2D eigenvalue weighted by atomic mass is 16.5. The third-order valence-electron chi connectivity index (χ3n) is 3.05. The van der Waals surface area contributed by atoms with E-state index in [1.807, 2.05) is 39.0 Å². The van der Waals surface area contributed by atoms with Crippen molar-refractivity contribution in [2.45, 2.75) is 40.0 Å². The van der Waals surface area contributed by atoms with Gasteiger partial charge in [0.15, 0.2) is 5.78 Å². The first kappa shape index (κ1) is 15.4. The van der Waals surface area contributed by atoms with Crippen LogP contribution >= 0.6 is 0 Å². The molecule has 1 aromatic carbocycles. The van der Waals surface area contributed by atoms with Gasteiger partial charge in [0.2, 0.25) is 0 Å². The molecule has 0 radical (unpaired) electrons. The molecule has 0 heterocycles. The Bertz CT molecular complexity index is 437. The average molecular weight is 262 g/mol. The molecule has 0 amide bonds. The fraction of sp³-hybridized carbons (Fsp3) is 0.500. The lowest BCUT2D eigenvalue weighted by molar-refractivity contribution is -0.146. The third-order valence-corrected chi connectivity index (χ3v) is 3.05. The summed E-state index contributed by atoms with van der Waals surface area (Å²) in [6, 6.07) is 7.32. The van der Waals surface area contributed by atoms with Crippen molar-refractivity contribution in [2.24, 2.45) is 5.92 Å². The molecule has 0 aliphatic heterocycles. The second-order valence-electron chi connectivity index (χ2n) is 4.72. The van der Waals surface area contributed by atoms with Crippen LogP contribution in [0.2, 0.25) is 0 Å². The molecule has 1 aromatic rings. The molecule has 0 aliphatic carbocycles. The number of unbranched alkanes of at least 4 members (excludes halogenated alkanes) is 1. The van der Waals surface area contributed by atoms with E-state index in [0.717, 1.165) is 18.4 Å². The summed E-state index contributed by atoms with van der Waals surface area (Å²) in [6.07, 6.45) is 2.27. The van der Waals surface area contributed by atoms with Gasteiger partial charge in [0, 0.05) is 5.56 Å². The number of ketones is 1. The first-order valence-corrected chi connectivity index (χ1v) is 6.87. The van der Waals surface area contributed by atoms with Crippen molar-refractivity contribution in [1.29, 1.82) is 0 Å². The highest BCUT2D eigenvalue weighted by Gasteiger charge is 2.27. The predicted octanol–water partition coefficient (Wildman–Crippen LogP) is 3.55. The number of Topliss-reactive ketones (excluding diaryl/α,β-unsaturated/α-hetero) is 1. The lowest BCUT2D eigenvalue weighted by atomic mass is 9.94. The molecule has 0 fully saturated rings. The van der Waals surface area contributed by atoms with Gasteiger partial charge in [-0.15, -0.1) is 0 Å². The zero-order valence-corrected chi connectivity index (χ0v) is 11.9. The second kappa shape index (κ2) is 7.72. The minimum Gasteiger partial charge on any atom is -0.465 e. The van der Waals surface area contributed by atoms with Crippen LogP contribution in [0.1, 0.15) is 49.0 Å². The number of benzene rings is 1. The number of ether oxygens (including phenoxy) is 1. The number of hydrogen-bond donors (Lipinski definition) is 0. The molecule has 0 bridgehead atoms. The van der Waals surface area contributed by atoms with Gasteiger partial charge in [-0.1, -0.05) is 44.0 Å². The predicted molar refractivity (Wildman–Crippen MR) is 75.2 cm³/mol. The van der Waals surface area contributed by atoms with Crippen LogP contribution in [0.25, 0.3) is 0 Å². The van der Waals surface area contributed by atoms with Crippen LogP contribution < -0.4 is 0 Å². The number of aryl methyl sites for hydroxylation is 1. The maximum Gasteiger partial charge on any atom is 0.316 e. The highest BCUT2D eigenvalue weighted by molar-refractivity contribution is 6.08. The summed E-state index contributed by atoms with van der Waals surface area (Å²) in [5.74, 6) is -1.23. The lowest BCUT2D eigenvalue weighted by Gasteiger charge is -2.13. The van der Waals surface area contributed by atoms with Crippen molar-refractivity contribution in [3.8, 4) is 0 Å². The number of rotatable bonds is 7. The van der Waals surface area contributed by atoms with Crippen molar-refractivity contribution in [3.05, 3.63) is 35.4 Å². The molecule has 0 aliphatic rings. The van der Waals surface area contributed by atoms with Gasteiger partial charge >= 0.3 is 5.97 Å². The van der Waals surface area contributed by atoms with Crippen LogP contribution in [0.3, 0.4) is 0 Å². The Kier molecular flexibility index (Phi) is 6.26. The van der Waals surface area contributed by atoms with E-state index in [1.54, 1.807) is 6.07 Å². The van der Waals surface area contributed by atoms with Crippen molar-refractivity contribution in [3.63, 3.8) is 0 Å². The number of hydrogen-bond acceptors (Lipinski definition) is 3. The van der Waals surface area contributed by atoms with Crippen molar-refractivity contribution >= 4 is 11.8 Å². The molecule has 0 saturated heterocycles. The van der Waals surface area contributed by atoms with Gasteiger partial charge < -0.3 is 4.74 Å². The first-order chi connectivity index (χ1) is 9.10. The number of carbonyl (C=O) groups is 2. The van der Waals surface area contributed by atoms with Crippen molar-refractivity contribution in [1.82, 2.24) is 0 Å². The van der Waals surface area contributed by atoms with Gasteiger partial charge in [0.1, 0.15) is 5.92 Å². The van der Waals surface area contributed by atoms with E-state index in [1.165, 1.54) is 0 Å². The summed E-state index contributed by atoms with van der Waals surface area (Å²) in [4.78, 5) is 24.2. The molecule has 3 heteroatoms. The van der Waals surface area contributed by atoms with E-state index >= 15 is 0 Å². The summed E-state index contributed by atoms with van der Waals surface area (Å²) >= 11 is 0. The molecule has 0 N–H and O–H groups in total. The summed E-state index contributed by atoms with van der Waals surface area (Å²) in [5, 5.41) is 0. The molecule has 104 valence electrons. The van der Waals surface area contributed by atoms with Gasteiger partial charge in [-0.25, -0.2) is 0 Å². The first-order valence-electron chi connectivity index (χ1n) is 6.87. The van der Waals surface area contributed by atoms with Gasteiger partial charge in [-0.2, -0.15) is 0 Å². The zero-order valence-electron chi connectivity index (χ0n) is 11.9.